The van der Waals surface area contributed by atoms with E-state index in [1.54, 1.807) is 14.2 Å². The second-order valence-corrected chi connectivity index (χ2v) is 4.86. The Labute approximate surface area is 108 Å². The van der Waals surface area contributed by atoms with Crippen LogP contribution in [0.4, 0.5) is 0 Å². The van der Waals surface area contributed by atoms with E-state index in [1.807, 2.05) is 18.2 Å². The van der Waals surface area contributed by atoms with Crippen molar-refractivity contribution in [2.24, 2.45) is 0 Å². The maximum atomic E-state index is 11.0. The third kappa shape index (κ3) is 3.39. The number of carbonyl (C=O) groups excluding carboxylic acids is 1. The van der Waals surface area contributed by atoms with Gasteiger partial charge in [0.25, 0.3) is 0 Å². The Morgan fingerprint density at radius 3 is 2.44 bits per heavy atom. The van der Waals surface area contributed by atoms with Gasteiger partial charge < -0.3 is 14.8 Å². The lowest BCUT2D eigenvalue weighted by atomic mass is 9.83. The molecule has 1 rings (SSSR count). The highest BCUT2D eigenvalue weighted by atomic mass is 16.5. The molecular weight excluding hydrogens is 230 g/mol. The molecule has 0 atom stereocenters. The highest BCUT2D eigenvalue weighted by Crippen LogP contribution is 2.34. The monoisotopic (exact) mass is 251 g/mol. The maximum absolute atomic E-state index is 11.0. The molecule has 0 unspecified atom stereocenters. The number of ether oxygens (including phenoxy) is 2. The van der Waals surface area contributed by atoms with Crippen LogP contribution in [0.2, 0.25) is 0 Å². The van der Waals surface area contributed by atoms with Crippen molar-refractivity contribution in [2.75, 3.05) is 20.8 Å². The summed E-state index contributed by atoms with van der Waals surface area (Å²) in [6.45, 7) is 6.17. The number of nitrogens with one attached hydrogen (secondary N) is 1. The molecule has 0 aliphatic rings. The Bertz CT molecular complexity index is 427. The Morgan fingerprint density at radius 1 is 1.28 bits per heavy atom. The van der Waals surface area contributed by atoms with Gasteiger partial charge in [-0.05, 0) is 18.2 Å². The van der Waals surface area contributed by atoms with Gasteiger partial charge in [0.15, 0.2) is 0 Å². The number of methoxy groups -OCH3 is 2. The predicted octanol–water partition coefficient (Wildman–Crippen LogP) is 2.12. The number of benzene rings is 1. The van der Waals surface area contributed by atoms with Gasteiger partial charge in [0.1, 0.15) is 11.5 Å². The van der Waals surface area contributed by atoms with Crippen LogP contribution in [0.3, 0.4) is 0 Å². The quantitative estimate of drug-likeness (QED) is 0.872. The number of carbonyl (C=O) groups is 1. The predicted molar refractivity (Wildman–Crippen MR) is 71.3 cm³/mol. The first-order chi connectivity index (χ1) is 8.40. The first kappa shape index (κ1) is 14.4. The zero-order valence-electron chi connectivity index (χ0n) is 11.7. The Morgan fingerprint density at radius 2 is 1.94 bits per heavy atom. The summed E-state index contributed by atoms with van der Waals surface area (Å²) in [7, 11) is 3.27. The van der Waals surface area contributed by atoms with Gasteiger partial charge in [-0.1, -0.05) is 13.8 Å². The summed E-state index contributed by atoms with van der Waals surface area (Å²) in [5.74, 6) is 1.54. The van der Waals surface area contributed by atoms with E-state index >= 15 is 0 Å². The summed E-state index contributed by atoms with van der Waals surface area (Å²) in [6, 6.07) is 5.68. The van der Waals surface area contributed by atoms with Gasteiger partial charge in [-0.3, -0.25) is 4.79 Å². The summed E-state index contributed by atoms with van der Waals surface area (Å²) in [6.07, 6.45) is 0. The number of hydrogen-bond acceptors (Lipinski definition) is 3. The lowest BCUT2D eigenvalue weighted by Crippen LogP contribution is -2.35. The minimum atomic E-state index is -0.231. The van der Waals surface area contributed by atoms with Crippen LogP contribution in [0.1, 0.15) is 26.3 Å². The molecule has 1 amide bonds. The van der Waals surface area contributed by atoms with Crippen molar-refractivity contribution in [3.63, 3.8) is 0 Å². The van der Waals surface area contributed by atoms with Crippen LogP contribution in [0, 0.1) is 0 Å². The van der Waals surface area contributed by atoms with Gasteiger partial charge in [0.2, 0.25) is 5.91 Å². The SMILES string of the molecule is COc1ccc(OC)c(C(C)(C)CNC(C)=O)c1. The minimum absolute atomic E-state index is 0.0371. The zero-order chi connectivity index (χ0) is 13.8. The molecule has 4 nitrogen and oxygen atoms in total. The molecule has 0 saturated heterocycles. The van der Waals surface area contributed by atoms with E-state index in [-0.39, 0.29) is 11.3 Å². The molecule has 4 heteroatoms. The van der Waals surface area contributed by atoms with Crippen LogP contribution < -0.4 is 14.8 Å². The average Bonchev–Trinajstić information content (AvgIpc) is 2.35. The van der Waals surface area contributed by atoms with Gasteiger partial charge in [0, 0.05) is 24.4 Å². The third-order valence-corrected chi connectivity index (χ3v) is 2.92. The molecular formula is C14H21NO3. The molecule has 0 radical (unpaired) electrons. The molecule has 0 aromatic heterocycles. The molecule has 0 fully saturated rings. The summed E-state index contributed by atoms with van der Waals surface area (Å²) < 4.78 is 10.6. The molecule has 1 aromatic rings. The van der Waals surface area contributed by atoms with E-state index in [0.29, 0.717) is 6.54 Å². The van der Waals surface area contributed by atoms with Crippen LogP contribution in [0.5, 0.6) is 11.5 Å². The van der Waals surface area contributed by atoms with E-state index in [4.69, 9.17) is 9.47 Å². The van der Waals surface area contributed by atoms with Crippen LogP contribution in [0.15, 0.2) is 18.2 Å². The second kappa shape index (κ2) is 5.76. The van der Waals surface area contributed by atoms with E-state index in [9.17, 15) is 4.79 Å². The van der Waals surface area contributed by atoms with Crippen molar-refractivity contribution in [2.45, 2.75) is 26.2 Å². The van der Waals surface area contributed by atoms with Crippen LogP contribution in [0.25, 0.3) is 0 Å². The highest BCUT2D eigenvalue weighted by molar-refractivity contribution is 5.73. The van der Waals surface area contributed by atoms with Gasteiger partial charge in [-0.15, -0.1) is 0 Å². The van der Waals surface area contributed by atoms with E-state index < -0.39 is 0 Å². The summed E-state index contributed by atoms with van der Waals surface area (Å²) in [5.41, 5.74) is 0.782. The zero-order valence-corrected chi connectivity index (χ0v) is 11.7. The lowest BCUT2D eigenvalue weighted by molar-refractivity contribution is -0.119. The van der Waals surface area contributed by atoms with Gasteiger partial charge in [-0.25, -0.2) is 0 Å². The molecule has 0 aliphatic carbocycles. The molecule has 100 valence electrons. The smallest absolute Gasteiger partial charge is 0.216 e. The molecule has 1 N–H and O–H groups in total. The molecule has 0 aliphatic heterocycles. The number of rotatable bonds is 5. The van der Waals surface area contributed by atoms with Gasteiger partial charge in [-0.2, -0.15) is 0 Å². The van der Waals surface area contributed by atoms with Crippen molar-refractivity contribution in [1.29, 1.82) is 0 Å². The van der Waals surface area contributed by atoms with E-state index in [2.05, 4.69) is 19.2 Å². The first-order valence-corrected chi connectivity index (χ1v) is 5.87. The average molecular weight is 251 g/mol. The van der Waals surface area contributed by atoms with Crippen LogP contribution >= 0.6 is 0 Å². The van der Waals surface area contributed by atoms with Crippen molar-refractivity contribution in [1.82, 2.24) is 5.32 Å². The fraction of sp³-hybridized carbons (Fsp3) is 0.500. The topological polar surface area (TPSA) is 47.6 Å². The van der Waals surface area contributed by atoms with Gasteiger partial charge in [0.05, 0.1) is 14.2 Å². The molecule has 0 saturated carbocycles. The fourth-order valence-electron chi connectivity index (χ4n) is 1.78. The molecule has 0 bridgehead atoms. The second-order valence-electron chi connectivity index (χ2n) is 4.86. The molecule has 1 aromatic carbocycles. The van der Waals surface area contributed by atoms with Gasteiger partial charge >= 0.3 is 0 Å². The Balaban J connectivity index is 3.07. The Kier molecular flexibility index (Phi) is 4.59. The van der Waals surface area contributed by atoms with Crippen molar-refractivity contribution >= 4 is 5.91 Å². The fourth-order valence-corrected chi connectivity index (χ4v) is 1.78. The Hall–Kier alpha value is -1.71. The lowest BCUT2D eigenvalue weighted by Gasteiger charge is -2.27. The molecule has 18 heavy (non-hydrogen) atoms. The van der Waals surface area contributed by atoms with Crippen LogP contribution in [-0.4, -0.2) is 26.7 Å². The van der Waals surface area contributed by atoms with E-state index in [0.717, 1.165) is 17.1 Å². The maximum Gasteiger partial charge on any atom is 0.216 e. The number of amides is 1. The summed E-state index contributed by atoms with van der Waals surface area (Å²) in [5, 5.41) is 2.84. The summed E-state index contributed by atoms with van der Waals surface area (Å²) >= 11 is 0. The van der Waals surface area contributed by atoms with Crippen molar-refractivity contribution < 1.29 is 14.3 Å². The third-order valence-electron chi connectivity index (χ3n) is 2.92. The minimum Gasteiger partial charge on any atom is -0.497 e. The first-order valence-electron chi connectivity index (χ1n) is 5.87. The van der Waals surface area contributed by atoms with E-state index in [1.165, 1.54) is 6.92 Å². The normalized spacial score (nSPS) is 10.9. The van der Waals surface area contributed by atoms with Crippen LogP contribution in [-0.2, 0) is 10.2 Å². The molecule has 0 spiro atoms. The van der Waals surface area contributed by atoms with Crippen molar-refractivity contribution in [3.05, 3.63) is 23.8 Å². The highest BCUT2D eigenvalue weighted by Gasteiger charge is 2.25. The number of hydrogen-bond donors (Lipinski definition) is 1. The largest absolute Gasteiger partial charge is 0.497 e. The summed E-state index contributed by atoms with van der Waals surface area (Å²) in [4.78, 5) is 11.0. The molecule has 0 heterocycles. The standard InChI is InChI=1S/C14H21NO3/c1-10(16)15-9-14(2,3)12-8-11(17-4)6-7-13(12)18-5/h6-8H,9H2,1-5H3,(H,15,16). The van der Waals surface area contributed by atoms with Crippen molar-refractivity contribution in [3.8, 4) is 11.5 Å².